The number of amides is 1. The minimum atomic E-state index is -0.642. The van der Waals surface area contributed by atoms with Crippen molar-refractivity contribution in [2.45, 2.75) is 53.1 Å². The van der Waals surface area contributed by atoms with Crippen LogP contribution in [-0.2, 0) is 11.3 Å². The second-order valence-corrected chi connectivity index (χ2v) is 10.4. The van der Waals surface area contributed by atoms with Crippen molar-refractivity contribution in [3.05, 3.63) is 44.6 Å². The average Bonchev–Trinajstić information content (AvgIpc) is 3.28. The topological polar surface area (TPSA) is 123 Å². The normalized spacial score (nSPS) is 17.7. The molecule has 2 aliphatic heterocycles. The molecule has 4 rings (SSSR count). The Morgan fingerprint density at radius 3 is 2.56 bits per heavy atom. The van der Waals surface area contributed by atoms with Crippen molar-refractivity contribution in [3.8, 4) is 11.5 Å². The van der Waals surface area contributed by atoms with Gasteiger partial charge in [-0.1, -0.05) is 33.8 Å². The Kier molecular flexibility index (Phi) is 7.73. The van der Waals surface area contributed by atoms with Gasteiger partial charge in [0.1, 0.15) is 19.0 Å². The molecule has 1 atom stereocenters. The lowest BCUT2D eigenvalue weighted by molar-refractivity contribution is -0.120. The molecule has 3 heterocycles. The quantitative estimate of drug-likeness (QED) is 0.572. The number of hydrogen-bond donors (Lipinski definition) is 2. The largest absolute Gasteiger partial charge is 0.486 e. The van der Waals surface area contributed by atoms with Crippen LogP contribution in [0, 0.1) is 11.8 Å². The molecule has 0 saturated carbocycles. The lowest BCUT2D eigenvalue weighted by Gasteiger charge is -2.30. The van der Waals surface area contributed by atoms with E-state index in [0.29, 0.717) is 26.3 Å². The fraction of sp³-hybridized carbons (Fsp3) is 0.577. The third kappa shape index (κ3) is 5.43. The number of H-pyrrole nitrogens is 1. The number of nitrogens with one attached hydrogen (secondary N) is 1. The van der Waals surface area contributed by atoms with Gasteiger partial charge in [-0.3, -0.25) is 24.0 Å². The van der Waals surface area contributed by atoms with Gasteiger partial charge in [-0.25, -0.2) is 4.79 Å². The first kappa shape index (κ1) is 25.8. The van der Waals surface area contributed by atoms with Crippen LogP contribution >= 0.6 is 0 Å². The summed E-state index contributed by atoms with van der Waals surface area (Å²) in [4.78, 5) is 45.0. The summed E-state index contributed by atoms with van der Waals surface area (Å²) in [7, 11) is 0. The van der Waals surface area contributed by atoms with Crippen LogP contribution in [0.4, 0.5) is 11.5 Å². The van der Waals surface area contributed by atoms with E-state index in [2.05, 4.69) is 9.88 Å². The summed E-state index contributed by atoms with van der Waals surface area (Å²) in [5, 5.41) is 0. The van der Waals surface area contributed by atoms with Gasteiger partial charge in [0, 0.05) is 19.1 Å². The van der Waals surface area contributed by atoms with Gasteiger partial charge in [0.2, 0.25) is 5.91 Å². The van der Waals surface area contributed by atoms with E-state index in [-0.39, 0.29) is 41.8 Å². The van der Waals surface area contributed by atoms with Crippen LogP contribution in [0.5, 0.6) is 11.5 Å². The van der Waals surface area contributed by atoms with E-state index in [9.17, 15) is 14.4 Å². The number of carbonyl (C=O) groups excluding carboxylic acids is 1. The highest BCUT2D eigenvalue weighted by Gasteiger charge is 2.32. The Hall–Kier alpha value is -3.27. The van der Waals surface area contributed by atoms with Gasteiger partial charge < -0.3 is 20.1 Å². The number of fused-ring (bicyclic) bond motifs is 1. The molecule has 1 amide bonds. The first-order chi connectivity index (χ1) is 17.2. The van der Waals surface area contributed by atoms with Crippen LogP contribution in [0.1, 0.15) is 52.1 Å². The maximum absolute atomic E-state index is 13.7. The zero-order valence-corrected chi connectivity index (χ0v) is 21.6. The molecule has 2 aromatic rings. The van der Waals surface area contributed by atoms with Crippen molar-refractivity contribution < 1.29 is 14.3 Å². The molecule has 2 aliphatic rings. The highest BCUT2D eigenvalue weighted by molar-refractivity contribution is 5.97. The van der Waals surface area contributed by atoms with Crippen LogP contribution < -0.4 is 31.4 Å². The number of nitrogen functional groups attached to an aromatic ring is 1. The minimum absolute atomic E-state index is 0.0243. The first-order valence-electron chi connectivity index (χ1n) is 12.7. The van der Waals surface area contributed by atoms with Gasteiger partial charge in [-0.2, -0.15) is 0 Å². The van der Waals surface area contributed by atoms with Gasteiger partial charge in [0.25, 0.3) is 5.56 Å². The number of rotatable bonds is 8. The summed E-state index contributed by atoms with van der Waals surface area (Å²) in [6, 6.07) is 6.00. The Morgan fingerprint density at radius 2 is 1.86 bits per heavy atom. The van der Waals surface area contributed by atoms with Crippen molar-refractivity contribution >= 4 is 17.4 Å². The molecule has 1 aromatic heterocycles. The maximum Gasteiger partial charge on any atom is 0.330 e. The predicted octanol–water partition coefficient (Wildman–Crippen LogP) is 2.37. The predicted molar refractivity (Wildman–Crippen MR) is 139 cm³/mol. The molecule has 196 valence electrons. The standard InChI is InChI=1S/C26H37N5O5/c1-16(2)13-30(23-24(27)31(14-17(3)4)26(34)28-25(23)33)22(32)15-29-9-5-6-19(29)18-7-8-20-21(12-18)36-11-10-35-20/h7-8,12,16-17,19H,5-6,9-11,13-15,27H2,1-4H3,(H,28,33,34)/t19-/m0/s1. The Labute approximate surface area is 211 Å². The number of ether oxygens (including phenoxy) is 2. The number of nitrogens with zero attached hydrogens (tertiary/aromatic N) is 3. The third-order valence-electron chi connectivity index (χ3n) is 6.53. The summed E-state index contributed by atoms with van der Waals surface area (Å²) in [5.41, 5.74) is 6.26. The number of carbonyl (C=O) groups is 1. The second-order valence-electron chi connectivity index (χ2n) is 10.4. The average molecular weight is 500 g/mol. The van der Waals surface area contributed by atoms with Crippen LogP contribution in [0.15, 0.2) is 27.8 Å². The van der Waals surface area contributed by atoms with Gasteiger partial charge in [0.05, 0.1) is 6.54 Å². The van der Waals surface area contributed by atoms with E-state index in [4.69, 9.17) is 15.2 Å². The van der Waals surface area contributed by atoms with Crippen LogP contribution in [-0.4, -0.2) is 53.2 Å². The Balaban J connectivity index is 1.62. The highest BCUT2D eigenvalue weighted by Crippen LogP contribution is 2.38. The Morgan fingerprint density at radius 1 is 1.14 bits per heavy atom. The number of aromatic amines is 1. The molecule has 0 aliphatic carbocycles. The van der Waals surface area contributed by atoms with E-state index < -0.39 is 11.2 Å². The van der Waals surface area contributed by atoms with Gasteiger partial charge >= 0.3 is 5.69 Å². The lowest BCUT2D eigenvalue weighted by atomic mass is 10.0. The van der Waals surface area contributed by atoms with Crippen molar-refractivity contribution in [2.75, 3.05) is 43.5 Å². The molecule has 10 heteroatoms. The van der Waals surface area contributed by atoms with Crippen molar-refractivity contribution in [2.24, 2.45) is 11.8 Å². The number of anilines is 2. The molecule has 1 aromatic carbocycles. The van der Waals surface area contributed by atoms with Crippen molar-refractivity contribution in [3.63, 3.8) is 0 Å². The first-order valence-corrected chi connectivity index (χ1v) is 12.7. The smallest absolute Gasteiger partial charge is 0.330 e. The second kappa shape index (κ2) is 10.8. The summed E-state index contributed by atoms with van der Waals surface area (Å²) in [6.45, 7) is 10.5. The molecule has 1 saturated heterocycles. The fourth-order valence-electron chi connectivity index (χ4n) is 4.99. The summed E-state index contributed by atoms with van der Waals surface area (Å²) >= 11 is 0. The maximum atomic E-state index is 13.7. The van der Waals surface area contributed by atoms with Gasteiger partial charge in [-0.15, -0.1) is 0 Å². The summed E-state index contributed by atoms with van der Waals surface area (Å²) < 4.78 is 12.7. The van der Waals surface area contributed by atoms with Gasteiger partial charge in [0.15, 0.2) is 17.2 Å². The third-order valence-corrected chi connectivity index (χ3v) is 6.53. The van der Waals surface area contributed by atoms with Crippen molar-refractivity contribution in [1.29, 1.82) is 0 Å². The molecule has 3 N–H and O–H groups in total. The van der Waals surface area contributed by atoms with E-state index in [1.165, 1.54) is 9.47 Å². The fourth-order valence-corrected chi connectivity index (χ4v) is 4.99. The number of likely N-dealkylation sites (tertiary alicyclic amines) is 1. The molecule has 0 spiro atoms. The molecule has 0 radical (unpaired) electrons. The van der Waals surface area contributed by atoms with Crippen LogP contribution in [0.2, 0.25) is 0 Å². The number of benzene rings is 1. The van der Waals surface area contributed by atoms with Crippen LogP contribution in [0.25, 0.3) is 0 Å². The SMILES string of the molecule is CC(C)CN(C(=O)CN1CCC[C@H]1c1ccc2c(c1)OCCO2)c1c(N)n(CC(C)C)c(=O)[nH]c1=O. The van der Waals surface area contributed by atoms with Crippen LogP contribution in [0.3, 0.4) is 0 Å². The van der Waals surface area contributed by atoms with E-state index in [1.807, 2.05) is 45.9 Å². The Bertz CT molecular complexity index is 1220. The molecule has 0 unspecified atom stereocenters. The monoisotopic (exact) mass is 499 g/mol. The molecular formula is C26H37N5O5. The molecule has 36 heavy (non-hydrogen) atoms. The molecular weight excluding hydrogens is 462 g/mol. The van der Waals surface area contributed by atoms with E-state index in [0.717, 1.165) is 36.4 Å². The summed E-state index contributed by atoms with van der Waals surface area (Å²) in [6.07, 6.45) is 1.87. The van der Waals surface area contributed by atoms with E-state index >= 15 is 0 Å². The zero-order chi connectivity index (χ0) is 26.0. The minimum Gasteiger partial charge on any atom is -0.486 e. The molecule has 10 nitrogen and oxygen atoms in total. The summed E-state index contributed by atoms with van der Waals surface area (Å²) in [5.74, 6) is 1.49. The molecule has 0 bridgehead atoms. The van der Waals surface area contributed by atoms with E-state index in [1.54, 1.807) is 0 Å². The van der Waals surface area contributed by atoms with Gasteiger partial charge in [-0.05, 0) is 48.9 Å². The number of nitrogens with two attached hydrogens (primary N) is 1. The lowest BCUT2D eigenvalue weighted by Crippen LogP contribution is -2.46. The highest BCUT2D eigenvalue weighted by atomic mass is 16.6. The zero-order valence-electron chi connectivity index (χ0n) is 21.6. The number of aromatic nitrogens is 2. The number of hydrogen-bond acceptors (Lipinski definition) is 7. The molecule has 1 fully saturated rings. The van der Waals surface area contributed by atoms with Crippen molar-refractivity contribution in [1.82, 2.24) is 14.5 Å².